The number of amides is 1. The maximum Gasteiger partial charge on any atom is 0.276 e. The van der Waals surface area contributed by atoms with E-state index in [1.165, 1.54) is 6.92 Å². The first-order chi connectivity index (χ1) is 16.8. The van der Waals surface area contributed by atoms with Gasteiger partial charge in [0.15, 0.2) is 23.0 Å². The lowest BCUT2D eigenvalue weighted by atomic mass is 10.2. The van der Waals surface area contributed by atoms with Crippen molar-refractivity contribution in [2.75, 3.05) is 30.8 Å². The van der Waals surface area contributed by atoms with Gasteiger partial charge in [-0.05, 0) is 46.8 Å². The second kappa shape index (κ2) is 13.7. The van der Waals surface area contributed by atoms with Gasteiger partial charge in [-0.3, -0.25) is 9.59 Å². The van der Waals surface area contributed by atoms with Gasteiger partial charge in [-0.1, -0.05) is 17.7 Å². The lowest BCUT2D eigenvalue weighted by Crippen LogP contribution is -2.36. The molecule has 0 radical (unpaired) electrons. The van der Waals surface area contributed by atoms with Crippen molar-refractivity contribution in [2.45, 2.75) is 40.7 Å². The number of hydrogen-bond donors (Lipinski definition) is 0. The summed E-state index contributed by atoms with van der Waals surface area (Å²) in [6.07, 6.45) is 0. The van der Waals surface area contributed by atoms with E-state index in [0.29, 0.717) is 43.7 Å². The van der Waals surface area contributed by atoms with Gasteiger partial charge < -0.3 is 18.9 Å². The molecule has 0 aromatic heterocycles. The molecule has 0 aliphatic rings. The van der Waals surface area contributed by atoms with Gasteiger partial charge in [-0.2, -0.15) is 5.11 Å². The zero-order valence-corrected chi connectivity index (χ0v) is 21.9. The van der Waals surface area contributed by atoms with Crippen LogP contribution < -0.4 is 23.4 Å². The van der Waals surface area contributed by atoms with Crippen LogP contribution in [0.2, 0.25) is 5.02 Å². The third-order valence-electron chi connectivity index (χ3n) is 4.46. The molecule has 0 saturated heterocycles. The number of nitrogens with zero attached hydrogens (tertiary/aromatic N) is 3. The summed E-state index contributed by atoms with van der Waals surface area (Å²) in [5.74, 6) is 0.0822. The quantitative estimate of drug-likeness (QED) is 0.176. The van der Waals surface area contributed by atoms with E-state index in [2.05, 4.69) is 10.2 Å². The van der Waals surface area contributed by atoms with Gasteiger partial charge in [0.2, 0.25) is 6.04 Å². The zero-order chi connectivity index (χ0) is 26.0. The second-order valence-electron chi connectivity index (χ2n) is 6.94. The molecule has 0 spiro atoms. The van der Waals surface area contributed by atoms with Crippen molar-refractivity contribution in [3.05, 3.63) is 35.4 Å². The number of azo groups is 1. The number of rotatable bonds is 13. The number of carbonyl (C=O) groups is 2. The first-order valence-corrected chi connectivity index (χ1v) is 11.9. The van der Waals surface area contributed by atoms with Crippen molar-refractivity contribution >= 4 is 46.4 Å². The molecule has 190 valence electrons. The summed E-state index contributed by atoms with van der Waals surface area (Å²) in [7, 11) is 0. The molecule has 1 unspecified atom stereocenters. The summed E-state index contributed by atoms with van der Waals surface area (Å²) in [5.41, 5.74) is 0.366. The highest BCUT2D eigenvalue weighted by atomic mass is 35.5. The molecule has 0 bridgehead atoms. The highest BCUT2D eigenvalue weighted by molar-refractivity contribution is 6.39. The van der Waals surface area contributed by atoms with E-state index in [1.54, 1.807) is 44.2 Å². The van der Waals surface area contributed by atoms with Gasteiger partial charge in [0, 0.05) is 23.9 Å². The fraction of sp³-hybridized carbons (Fsp3) is 0.417. The molecule has 35 heavy (non-hydrogen) atoms. The number of carbonyl (C=O) groups excluding carboxylic acids is 2. The summed E-state index contributed by atoms with van der Waals surface area (Å²) >= 11 is 12.7. The topological polar surface area (TPSA) is 99.0 Å². The van der Waals surface area contributed by atoms with Crippen molar-refractivity contribution in [3.63, 3.8) is 0 Å². The molecule has 1 atom stereocenters. The zero-order valence-electron chi connectivity index (χ0n) is 20.3. The molecule has 1 amide bonds. The van der Waals surface area contributed by atoms with Crippen LogP contribution in [0.15, 0.2) is 40.6 Å². The van der Waals surface area contributed by atoms with Crippen LogP contribution in [0.1, 0.15) is 34.6 Å². The molecule has 0 aliphatic carbocycles. The lowest BCUT2D eigenvalue weighted by molar-refractivity contribution is -0.126. The van der Waals surface area contributed by atoms with Crippen LogP contribution in [0, 0.1) is 0 Å². The molecule has 0 fully saturated rings. The van der Waals surface area contributed by atoms with Crippen molar-refractivity contribution in [1.29, 1.82) is 0 Å². The maximum atomic E-state index is 13.2. The lowest BCUT2D eigenvalue weighted by Gasteiger charge is -2.21. The third-order valence-corrected chi connectivity index (χ3v) is 5.09. The van der Waals surface area contributed by atoms with Crippen molar-refractivity contribution in [1.82, 2.24) is 0 Å². The summed E-state index contributed by atoms with van der Waals surface area (Å²) < 4.78 is 23.1. The summed E-state index contributed by atoms with van der Waals surface area (Å²) in [5, 5.41) is 8.24. The van der Waals surface area contributed by atoms with Crippen LogP contribution in [-0.4, -0.2) is 44.2 Å². The Labute approximate surface area is 215 Å². The highest BCUT2D eigenvalue weighted by Gasteiger charge is 2.31. The third kappa shape index (κ3) is 7.22. The minimum absolute atomic E-state index is 0.158. The van der Waals surface area contributed by atoms with Crippen molar-refractivity contribution in [3.8, 4) is 23.0 Å². The van der Waals surface area contributed by atoms with E-state index in [9.17, 15) is 9.59 Å². The predicted molar refractivity (Wildman–Crippen MR) is 135 cm³/mol. The maximum absolute atomic E-state index is 13.2. The van der Waals surface area contributed by atoms with Crippen LogP contribution >= 0.6 is 23.4 Å². The van der Waals surface area contributed by atoms with Crippen LogP contribution in [-0.2, 0) is 9.59 Å². The molecule has 2 aromatic carbocycles. The molecule has 9 nitrogen and oxygen atoms in total. The van der Waals surface area contributed by atoms with Gasteiger partial charge in [0.25, 0.3) is 5.91 Å². The number of para-hydroxylation sites is 1. The van der Waals surface area contributed by atoms with E-state index < -0.39 is 17.7 Å². The van der Waals surface area contributed by atoms with Gasteiger partial charge in [-0.15, -0.1) is 5.11 Å². The van der Waals surface area contributed by atoms with Crippen LogP contribution in [0.5, 0.6) is 23.0 Å². The Morgan fingerprint density at radius 3 is 2.17 bits per heavy atom. The largest absolute Gasteiger partial charge is 0.494 e. The summed E-state index contributed by atoms with van der Waals surface area (Å²) in [4.78, 5) is 25.6. The standard InChI is InChI=1S/C24H29Cl2N3O6/c1-6-32-16-13-17(25)22(20(14-16)34-8-3)28-27-21(15(5)30)24(31)29(26)18-11-10-12-19(33-7-2)23(18)35-9-4/h10-14,21H,6-9H2,1-5H3. The summed E-state index contributed by atoms with van der Waals surface area (Å²) in [6.45, 7) is 9.91. The number of ether oxygens (including phenoxy) is 4. The first kappa shape index (κ1) is 28.2. The fourth-order valence-corrected chi connectivity index (χ4v) is 3.49. The molecule has 0 N–H and O–H groups in total. The smallest absolute Gasteiger partial charge is 0.276 e. The van der Waals surface area contributed by atoms with E-state index in [1.807, 2.05) is 13.8 Å². The Morgan fingerprint density at radius 2 is 1.57 bits per heavy atom. The van der Waals surface area contributed by atoms with Gasteiger partial charge in [0.1, 0.15) is 17.1 Å². The Kier molecular flexibility index (Phi) is 11.1. The van der Waals surface area contributed by atoms with E-state index in [0.717, 1.165) is 4.42 Å². The Bertz CT molecular complexity index is 1060. The minimum atomic E-state index is -1.53. The normalized spacial score (nSPS) is 11.7. The molecule has 0 saturated carbocycles. The number of halogens is 2. The molecular weight excluding hydrogens is 497 g/mol. The summed E-state index contributed by atoms with van der Waals surface area (Å²) in [6, 6.07) is 6.55. The molecule has 0 heterocycles. The van der Waals surface area contributed by atoms with Crippen molar-refractivity contribution in [2.24, 2.45) is 10.2 Å². The van der Waals surface area contributed by atoms with Crippen LogP contribution in [0.3, 0.4) is 0 Å². The number of Topliss-reactive ketones (excluding diaryl/α,β-unsaturated/α-hetero) is 1. The molecule has 0 aliphatic heterocycles. The number of ketones is 1. The fourth-order valence-electron chi connectivity index (χ4n) is 3.03. The number of anilines is 1. The SMILES string of the molecule is CCOc1cc(Cl)c(N=NC(C(C)=O)C(=O)N(Cl)c2cccc(OCC)c2OCC)c(OCC)c1. The monoisotopic (exact) mass is 525 g/mol. The van der Waals surface area contributed by atoms with Crippen LogP contribution in [0.4, 0.5) is 11.4 Å². The van der Waals surface area contributed by atoms with E-state index in [4.69, 9.17) is 42.3 Å². The van der Waals surface area contributed by atoms with Gasteiger partial charge >= 0.3 is 0 Å². The Balaban J connectivity index is 2.43. The minimum Gasteiger partial charge on any atom is -0.494 e. The van der Waals surface area contributed by atoms with Gasteiger partial charge in [0.05, 0.1) is 31.5 Å². The first-order valence-electron chi connectivity index (χ1n) is 11.2. The number of hydrogen-bond acceptors (Lipinski definition) is 8. The van der Waals surface area contributed by atoms with Crippen molar-refractivity contribution < 1.29 is 28.5 Å². The average Bonchev–Trinajstić information content (AvgIpc) is 2.81. The highest BCUT2D eigenvalue weighted by Crippen LogP contribution is 2.41. The predicted octanol–water partition coefficient (Wildman–Crippen LogP) is 6.16. The second-order valence-corrected chi connectivity index (χ2v) is 7.68. The molecular formula is C24H29Cl2N3O6. The van der Waals surface area contributed by atoms with E-state index in [-0.39, 0.29) is 22.1 Å². The molecule has 11 heteroatoms. The van der Waals surface area contributed by atoms with Gasteiger partial charge in [-0.25, -0.2) is 4.42 Å². The average molecular weight is 526 g/mol. The van der Waals surface area contributed by atoms with Crippen LogP contribution in [0.25, 0.3) is 0 Å². The molecule has 2 rings (SSSR count). The Hall–Kier alpha value is -3.04. The van der Waals surface area contributed by atoms with E-state index >= 15 is 0 Å². The number of benzene rings is 2. The molecule has 2 aromatic rings. The Morgan fingerprint density at radius 1 is 0.943 bits per heavy atom.